The third-order valence-electron chi connectivity index (χ3n) is 5.95. The van der Waals surface area contributed by atoms with E-state index < -0.39 is 0 Å². The number of guanidine groups is 1. The number of nitrogens with one attached hydrogen (secondary N) is 2. The predicted molar refractivity (Wildman–Crippen MR) is 132 cm³/mol. The number of fused-ring (bicyclic) bond motifs is 1. The van der Waals surface area contributed by atoms with Crippen molar-refractivity contribution in [3.05, 3.63) is 54.0 Å². The average Bonchev–Trinajstić information content (AvgIpc) is 3.16. The Bertz CT molecular complexity index is 1030. The Labute approximate surface area is 191 Å². The average molecular weight is 434 g/mol. The molecule has 1 aromatic carbocycles. The van der Waals surface area contributed by atoms with E-state index >= 15 is 0 Å². The topological polar surface area (TPSA) is 70.4 Å². The molecule has 170 valence electrons. The third kappa shape index (κ3) is 5.58. The first kappa shape index (κ1) is 22.1. The molecule has 0 spiro atoms. The number of anilines is 1. The van der Waals surface area contributed by atoms with Crippen LogP contribution in [0.2, 0.25) is 0 Å². The fraction of sp³-hybridized carbons (Fsp3) is 0.480. The van der Waals surface area contributed by atoms with E-state index in [1.807, 2.05) is 12.3 Å². The van der Waals surface area contributed by atoms with E-state index in [4.69, 9.17) is 4.99 Å². The molecule has 7 nitrogen and oxygen atoms in total. The van der Waals surface area contributed by atoms with Crippen LogP contribution >= 0.6 is 0 Å². The van der Waals surface area contributed by atoms with Crippen molar-refractivity contribution in [1.29, 1.82) is 0 Å². The second-order valence-electron chi connectivity index (χ2n) is 8.34. The highest BCUT2D eigenvalue weighted by molar-refractivity contribution is 5.79. The van der Waals surface area contributed by atoms with Crippen LogP contribution in [0.5, 0.6) is 0 Å². The minimum atomic E-state index is 0.643. The van der Waals surface area contributed by atoms with Crippen LogP contribution in [0, 0.1) is 6.92 Å². The van der Waals surface area contributed by atoms with Crippen molar-refractivity contribution in [2.24, 2.45) is 4.99 Å². The maximum absolute atomic E-state index is 4.80. The highest BCUT2D eigenvalue weighted by Gasteiger charge is 2.12. The summed E-state index contributed by atoms with van der Waals surface area (Å²) in [6.45, 7) is 9.65. The predicted octanol–water partition coefficient (Wildman–Crippen LogP) is 3.88. The standard InChI is InChI=1S/C25H35N7/c1-3-26-25(28-13-9-17-32-20(2)30-22-10-5-6-11-23(22)32)29-19-21-12-14-27-24(18-21)31-15-7-4-8-16-31/h5-6,10-12,14,18H,3-4,7-9,13,15-17,19H2,1-2H3,(H2,26,28,29). The number of aromatic nitrogens is 3. The minimum Gasteiger partial charge on any atom is -0.357 e. The molecule has 1 saturated heterocycles. The van der Waals surface area contributed by atoms with E-state index in [2.05, 4.69) is 74.2 Å². The molecule has 0 amide bonds. The third-order valence-corrected chi connectivity index (χ3v) is 5.95. The first-order valence-electron chi connectivity index (χ1n) is 11.9. The highest BCUT2D eigenvalue weighted by Crippen LogP contribution is 2.19. The Kier molecular flexibility index (Phi) is 7.59. The Balaban J connectivity index is 1.32. The molecule has 0 aliphatic carbocycles. The lowest BCUT2D eigenvalue weighted by molar-refractivity contribution is 0.573. The van der Waals surface area contributed by atoms with E-state index in [1.54, 1.807) is 0 Å². The maximum atomic E-state index is 4.80. The summed E-state index contributed by atoms with van der Waals surface area (Å²) in [7, 11) is 0. The lowest BCUT2D eigenvalue weighted by atomic mass is 10.1. The van der Waals surface area contributed by atoms with Crippen molar-refractivity contribution in [2.75, 3.05) is 31.1 Å². The van der Waals surface area contributed by atoms with Crippen LogP contribution in [0.4, 0.5) is 5.82 Å². The summed E-state index contributed by atoms with van der Waals surface area (Å²) in [5.74, 6) is 3.00. The van der Waals surface area contributed by atoms with Gasteiger partial charge in [-0.25, -0.2) is 15.0 Å². The van der Waals surface area contributed by atoms with Gasteiger partial charge in [0.15, 0.2) is 5.96 Å². The van der Waals surface area contributed by atoms with E-state index in [0.29, 0.717) is 6.54 Å². The van der Waals surface area contributed by atoms with Gasteiger partial charge in [0.1, 0.15) is 11.6 Å². The molecule has 32 heavy (non-hydrogen) atoms. The van der Waals surface area contributed by atoms with Crippen molar-refractivity contribution in [3.63, 3.8) is 0 Å². The SMILES string of the molecule is CCNC(=NCc1ccnc(N2CCCCC2)c1)NCCCn1c(C)nc2ccccc21. The molecule has 0 unspecified atom stereocenters. The first-order valence-corrected chi connectivity index (χ1v) is 11.9. The molecule has 0 bridgehead atoms. The molecule has 0 saturated carbocycles. The number of piperidine rings is 1. The molecular formula is C25H35N7. The highest BCUT2D eigenvalue weighted by atomic mass is 15.2. The summed E-state index contributed by atoms with van der Waals surface area (Å²) in [4.78, 5) is 16.4. The molecule has 1 fully saturated rings. The van der Waals surface area contributed by atoms with Crippen molar-refractivity contribution >= 4 is 22.8 Å². The van der Waals surface area contributed by atoms with Gasteiger partial charge in [-0.3, -0.25) is 0 Å². The molecule has 2 aromatic heterocycles. The fourth-order valence-corrected chi connectivity index (χ4v) is 4.29. The number of rotatable bonds is 8. The van der Waals surface area contributed by atoms with Gasteiger partial charge in [-0.2, -0.15) is 0 Å². The molecule has 3 aromatic rings. The number of para-hydroxylation sites is 2. The number of aryl methyl sites for hydroxylation is 2. The van der Waals surface area contributed by atoms with E-state index in [0.717, 1.165) is 62.3 Å². The Hall–Kier alpha value is -3.09. The molecule has 0 radical (unpaired) electrons. The zero-order valence-electron chi connectivity index (χ0n) is 19.3. The van der Waals surface area contributed by atoms with Crippen LogP contribution < -0.4 is 15.5 Å². The molecule has 1 aliphatic rings. The molecule has 4 rings (SSSR count). The van der Waals surface area contributed by atoms with E-state index in [1.165, 1.54) is 30.3 Å². The summed E-state index contributed by atoms with van der Waals surface area (Å²) in [5, 5.41) is 6.84. The van der Waals surface area contributed by atoms with Crippen molar-refractivity contribution in [2.45, 2.75) is 52.6 Å². The van der Waals surface area contributed by atoms with Crippen LogP contribution in [0.3, 0.4) is 0 Å². The van der Waals surface area contributed by atoms with Gasteiger partial charge in [0, 0.05) is 38.9 Å². The number of hydrogen-bond acceptors (Lipinski definition) is 4. The first-order chi connectivity index (χ1) is 15.7. The Morgan fingerprint density at radius 3 is 2.78 bits per heavy atom. The number of hydrogen-bond donors (Lipinski definition) is 2. The molecule has 7 heteroatoms. The van der Waals surface area contributed by atoms with Crippen LogP contribution in [0.1, 0.15) is 44.0 Å². The van der Waals surface area contributed by atoms with Gasteiger partial charge in [-0.1, -0.05) is 12.1 Å². The summed E-state index contributed by atoms with van der Waals surface area (Å²) in [6.07, 6.45) is 6.75. The Morgan fingerprint density at radius 1 is 1.09 bits per heavy atom. The smallest absolute Gasteiger partial charge is 0.191 e. The minimum absolute atomic E-state index is 0.643. The van der Waals surface area contributed by atoms with E-state index in [9.17, 15) is 0 Å². The monoisotopic (exact) mass is 433 g/mol. The second-order valence-corrected chi connectivity index (χ2v) is 8.34. The Morgan fingerprint density at radius 2 is 1.94 bits per heavy atom. The molecule has 2 N–H and O–H groups in total. The number of imidazole rings is 1. The zero-order valence-corrected chi connectivity index (χ0v) is 19.3. The fourth-order valence-electron chi connectivity index (χ4n) is 4.29. The quantitative estimate of drug-likeness (QED) is 0.321. The van der Waals surface area contributed by atoms with Gasteiger partial charge in [0.05, 0.1) is 17.6 Å². The summed E-state index contributed by atoms with van der Waals surface area (Å²) < 4.78 is 2.29. The lowest BCUT2D eigenvalue weighted by Crippen LogP contribution is -2.38. The van der Waals surface area contributed by atoms with Crippen LogP contribution in [0.25, 0.3) is 11.0 Å². The number of pyridine rings is 1. The van der Waals surface area contributed by atoms with Gasteiger partial charge >= 0.3 is 0 Å². The van der Waals surface area contributed by atoms with Crippen LogP contribution in [0.15, 0.2) is 47.6 Å². The number of aliphatic imine (C=N–C) groups is 1. The summed E-state index contributed by atoms with van der Waals surface area (Å²) in [6, 6.07) is 12.6. The van der Waals surface area contributed by atoms with Crippen molar-refractivity contribution < 1.29 is 0 Å². The summed E-state index contributed by atoms with van der Waals surface area (Å²) in [5.41, 5.74) is 3.46. The second kappa shape index (κ2) is 11.0. The van der Waals surface area contributed by atoms with Gasteiger partial charge in [0.2, 0.25) is 0 Å². The summed E-state index contributed by atoms with van der Waals surface area (Å²) >= 11 is 0. The number of nitrogens with zero attached hydrogens (tertiary/aromatic N) is 5. The molecule has 0 atom stereocenters. The largest absolute Gasteiger partial charge is 0.357 e. The van der Waals surface area contributed by atoms with E-state index in [-0.39, 0.29) is 0 Å². The lowest BCUT2D eigenvalue weighted by Gasteiger charge is -2.27. The van der Waals surface area contributed by atoms with Gasteiger partial charge < -0.3 is 20.1 Å². The zero-order chi connectivity index (χ0) is 22.2. The van der Waals surface area contributed by atoms with Gasteiger partial charge in [0.25, 0.3) is 0 Å². The maximum Gasteiger partial charge on any atom is 0.191 e. The normalized spacial score (nSPS) is 14.7. The van der Waals surface area contributed by atoms with Crippen molar-refractivity contribution in [3.8, 4) is 0 Å². The van der Waals surface area contributed by atoms with Crippen LogP contribution in [-0.4, -0.2) is 46.7 Å². The molecule has 3 heterocycles. The molecular weight excluding hydrogens is 398 g/mol. The molecule has 1 aliphatic heterocycles. The van der Waals surface area contributed by atoms with Crippen LogP contribution in [-0.2, 0) is 13.1 Å². The van der Waals surface area contributed by atoms with Crippen molar-refractivity contribution in [1.82, 2.24) is 25.2 Å². The number of benzene rings is 1. The van der Waals surface area contributed by atoms with Gasteiger partial charge in [-0.05, 0) is 69.4 Å². The van der Waals surface area contributed by atoms with Gasteiger partial charge in [-0.15, -0.1) is 0 Å².